The van der Waals surface area contributed by atoms with Crippen molar-refractivity contribution >= 4 is 5.82 Å². The molecule has 0 amide bonds. The van der Waals surface area contributed by atoms with Crippen molar-refractivity contribution in [3.63, 3.8) is 0 Å². The topological polar surface area (TPSA) is 73.1 Å². The number of hydrogen-bond acceptors (Lipinski definition) is 5. The summed E-state index contributed by atoms with van der Waals surface area (Å²) in [5, 5.41) is 3.22. The molecule has 1 rings (SSSR count). The van der Waals surface area contributed by atoms with Gasteiger partial charge in [-0.2, -0.15) is 4.98 Å². The molecule has 0 aliphatic heterocycles. The Bertz CT molecular complexity index is 364. The van der Waals surface area contributed by atoms with E-state index >= 15 is 0 Å². The van der Waals surface area contributed by atoms with E-state index < -0.39 is 0 Å². The van der Waals surface area contributed by atoms with Crippen molar-refractivity contribution < 1.29 is 4.74 Å². The van der Waals surface area contributed by atoms with Crippen molar-refractivity contribution in [1.29, 1.82) is 0 Å². The lowest BCUT2D eigenvalue weighted by Crippen LogP contribution is -2.45. The van der Waals surface area contributed by atoms with Crippen molar-refractivity contribution in [1.82, 2.24) is 9.97 Å². The Kier molecular flexibility index (Phi) is 5.34. The van der Waals surface area contributed by atoms with Crippen LogP contribution in [0.1, 0.15) is 40.5 Å². The summed E-state index contributed by atoms with van der Waals surface area (Å²) >= 11 is 0. The van der Waals surface area contributed by atoms with Gasteiger partial charge in [-0.05, 0) is 26.7 Å². The van der Waals surface area contributed by atoms with Gasteiger partial charge in [-0.3, -0.25) is 4.98 Å². The first-order valence-corrected chi connectivity index (χ1v) is 6.50. The summed E-state index contributed by atoms with van der Waals surface area (Å²) in [6.45, 7) is 8.78. The Morgan fingerprint density at radius 3 is 2.56 bits per heavy atom. The SMILES string of the molecule is CCC(N)(CC)CNc1cncc(OC(C)C)n1. The van der Waals surface area contributed by atoms with E-state index in [1.54, 1.807) is 12.4 Å². The molecular formula is C13H24N4O. The van der Waals surface area contributed by atoms with Crippen LogP contribution in [0.2, 0.25) is 0 Å². The molecule has 0 saturated heterocycles. The van der Waals surface area contributed by atoms with Crippen LogP contribution in [-0.4, -0.2) is 28.2 Å². The fourth-order valence-corrected chi connectivity index (χ4v) is 1.50. The molecule has 0 atom stereocenters. The maximum atomic E-state index is 6.22. The number of nitrogens with one attached hydrogen (secondary N) is 1. The molecule has 0 unspecified atom stereocenters. The average molecular weight is 252 g/mol. The third-order valence-electron chi connectivity index (χ3n) is 3.00. The average Bonchev–Trinajstić information content (AvgIpc) is 2.36. The van der Waals surface area contributed by atoms with Gasteiger partial charge in [0.15, 0.2) is 0 Å². The van der Waals surface area contributed by atoms with Crippen LogP contribution in [0.4, 0.5) is 5.82 Å². The van der Waals surface area contributed by atoms with Crippen molar-refractivity contribution in [2.24, 2.45) is 5.73 Å². The molecule has 1 aromatic rings. The van der Waals surface area contributed by atoms with E-state index in [1.807, 2.05) is 13.8 Å². The monoisotopic (exact) mass is 252 g/mol. The van der Waals surface area contributed by atoms with Crippen molar-refractivity contribution in [2.75, 3.05) is 11.9 Å². The van der Waals surface area contributed by atoms with Gasteiger partial charge in [0.25, 0.3) is 0 Å². The summed E-state index contributed by atoms with van der Waals surface area (Å²) in [7, 11) is 0. The number of rotatable bonds is 7. The number of ether oxygens (including phenoxy) is 1. The molecule has 0 aromatic carbocycles. The van der Waals surface area contributed by atoms with Gasteiger partial charge in [0.1, 0.15) is 5.82 Å². The molecule has 18 heavy (non-hydrogen) atoms. The molecule has 1 heterocycles. The largest absolute Gasteiger partial charge is 0.474 e. The lowest BCUT2D eigenvalue weighted by molar-refractivity contribution is 0.232. The molecular weight excluding hydrogens is 228 g/mol. The van der Waals surface area contributed by atoms with E-state index in [-0.39, 0.29) is 11.6 Å². The molecule has 102 valence electrons. The van der Waals surface area contributed by atoms with E-state index in [0.29, 0.717) is 18.2 Å². The van der Waals surface area contributed by atoms with Crippen LogP contribution in [-0.2, 0) is 0 Å². The van der Waals surface area contributed by atoms with Crippen LogP contribution in [0.15, 0.2) is 12.4 Å². The predicted molar refractivity (Wildman–Crippen MR) is 73.8 cm³/mol. The maximum absolute atomic E-state index is 6.22. The Hall–Kier alpha value is -1.36. The van der Waals surface area contributed by atoms with E-state index in [0.717, 1.165) is 12.8 Å². The molecule has 0 bridgehead atoms. The molecule has 1 aromatic heterocycles. The highest BCUT2D eigenvalue weighted by Crippen LogP contribution is 2.14. The van der Waals surface area contributed by atoms with Gasteiger partial charge in [0, 0.05) is 12.1 Å². The van der Waals surface area contributed by atoms with Gasteiger partial charge in [-0.25, -0.2) is 0 Å². The molecule has 0 fully saturated rings. The maximum Gasteiger partial charge on any atom is 0.234 e. The second kappa shape index (κ2) is 6.54. The predicted octanol–water partition coefficient (Wildman–Crippen LogP) is 2.19. The fraction of sp³-hybridized carbons (Fsp3) is 0.692. The first kappa shape index (κ1) is 14.7. The summed E-state index contributed by atoms with van der Waals surface area (Å²) in [6.07, 6.45) is 5.23. The number of hydrogen-bond donors (Lipinski definition) is 2. The fourth-order valence-electron chi connectivity index (χ4n) is 1.50. The Morgan fingerprint density at radius 1 is 1.33 bits per heavy atom. The second-order valence-electron chi connectivity index (χ2n) is 4.83. The van der Waals surface area contributed by atoms with Crippen LogP contribution in [0.25, 0.3) is 0 Å². The minimum absolute atomic E-state index is 0.0921. The summed E-state index contributed by atoms with van der Waals surface area (Å²) in [6, 6.07) is 0. The van der Waals surface area contributed by atoms with E-state index in [2.05, 4.69) is 29.1 Å². The Balaban J connectivity index is 2.62. The Morgan fingerprint density at radius 2 is 2.00 bits per heavy atom. The number of nitrogens with zero attached hydrogens (tertiary/aromatic N) is 2. The number of nitrogens with two attached hydrogens (primary N) is 1. The highest BCUT2D eigenvalue weighted by Gasteiger charge is 2.19. The normalized spacial score (nSPS) is 11.7. The zero-order valence-electron chi connectivity index (χ0n) is 11.7. The quantitative estimate of drug-likeness (QED) is 0.778. The van der Waals surface area contributed by atoms with Crippen LogP contribution in [0.5, 0.6) is 5.88 Å². The van der Waals surface area contributed by atoms with Gasteiger partial charge in [-0.1, -0.05) is 13.8 Å². The first-order valence-electron chi connectivity index (χ1n) is 6.50. The molecule has 0 aliphatic rings. The molecule has 5 heteroatoms. The van der Waals surface area contributed by atoms with Crippen molar-refractivity contribution in [2.45, 2.75) is 52.2 Å². The van der Waals surface area contributed by atoms with Gasteiger partial charge in [0.2, 0.25) is 5.88 Å². The smallest absolute Gasteiger partial charge is 0.234 e. The Labute approximate surface area is 109 Å². The van der Waals surface area contributed by atoms with E-state index in [4.69, 9.17) is 10.5 Å². The highest BCUT2D eigenvalue weighted by molar-refractivity contribution is 5.34. The van der Waals surface area contributed by atoms with Crippen LogP contribution < -0.4 is 15.8 Å². The van der Waals surface area contributed by atoms with Crippen LogP contribution in [0.3, 0.4) is 0 Å². The van der Waals surface area contributed by atoms with Gasteiger partial charge >= 0.3 is 0 Å². The lowest BCUT2D eigenvalue weighted by atomic mass is 9.94. The van der Waals surface area contributed by atoms with Gasteiger partial charge < -0.3 is 15.8 Å². The molecule has 0 aliphatic carbocycles. The van der Waals surface area contributed by atoms with Crippen LogP contribution >= 0.6 is 0 Å². The zero-order valence-corrected chi connectivity index (χ0v) is 11.7. The summed E-state index contributed by atoms with van der Waals surface area (Å²) in [5.41, 5.74) is 6.02. The summed E-state index contributed by atoms with van der Waals surface area (Å²) in [4.78, 5) is 8.43. The van der Waals surface area contributed by atoms with Crippen LogP contribution in [0, 0.1) is 0 Å². The standard InChI is InChI=1S/C13H24N4O/c1-5-13(14,6-2)9-16-11-7-15-8-12(17-11)18-10(3)4/h7-8,10H,5-6,9,14H2,1-4H3,(H,16,17). The van der Waals surface area contributed by atoms with E-state index in [1.165, 1.54) is 0 Å². The summed E-state index contributed by atoms with van der Waals surface area (Å²) < 4.78 is 5.49. The minimum atomic E-state index is -0.198. The molecule has 5 nitrogen and oxygen atoms in total. The first-order chi connectivity index (χ1) is 8.49. The third-order valence-corrected chi connectivity index (χ3v) is 3.00. The highest BCUT2D eigenvalue weighted by atomic mass is 16.5. The number of anilines is 1. The molecule has 3 N–H and O–H groups in total. The minimum Gasteiger partial charge on any atom is -0.474 e. The molecule has 0 radical (unpaired) electrons. The molecule has 0 saturated carbocycles. The lowest BCUT2D eigenvalue weighted by Gasteiger charge is -2.27. The van der Waals surface area contributed by atoms with Gasteiger partial charge in [-0.15, -0.1) is 0 Å². The second-order valence-corrected chi connectivity index (χ2v) is 4.83. The van der Waals surface area contributed by atoms with Crippen molar-refractivity contribution in [3.05, 3.63) is 12.4 Å². The van der Waals surface area contributed by atoms with Gasteiger partial charge in [0.05, 0.1) is 18.5 Å². The van der Waals surface area contributed by atoms with E-state index in [9.17, 15) is 0 Å². The summed E-state index contributed by atoms with van der Waals surface area (Å²) in [5.74, 6) is 1.23. The zero-order chi connectivity index (χ0) is 13.6. The third kappa shape index (κ3) is 4.49. The number of aromatic nitrogens is 2. The van der Waals surface area contributed by atoms with Crippen molar-refractivity contribution in [3.8, 4) is 5.88 Å². The molecule has 0 spiro atoms.